The van der Waals surface area contributed by atoms with Crippen molar-refractivity contribution in [3.8, 4) is 0 Å². The van der Waals surface area contributed by atoms with Crippen LogP contribution in [0.4, 0.5) is 0 Å². The second-order valence-electron chi connectivity index (χ2n) is 1.36. The van der Waals surface area contributed by atoms with E-state index >= 15 is 0 Å². The second kappa shape index (κ2) is 5.03. The molecule has 0 aromatic carbocycles. The summed E-state index contributed by atoms with van der Waals surface area (Å²) < 4.78 is 3.97. The molecule has 3 heteroatoms. The molecule has 0 aliphatic rings. The molecule has 0 aromatic heterocycles. The molecule has 0 saturated carbocycles. The van der Waals surface area contributed by atoms with Crippen LogP contribution in [0, 0.1) is 0 Å². The van der Waals surface area contributed by atoms with Crippen molar-refractivity contribution < 1.29 is 14.3 Å². The summed E-state index contributed by atoms with van der Waals surface area (Å²) in [7, 11) is 0. The molecule has 0 rings (SSSR count). The molecule has 0 bridgehead atoms. The summed E-state index contributed by atoms with van der Waals surface area (Å²) >= 11 is 0. The Morgan fingerprint density at radius 1 is 1.67 bits per heavy atom. The topological polar surface area (TPSA) is 43.4 Å². The maximum atomic E-state index is 10.3. The zero-order chi connectivity index (χ0) is 7.11. The summed E-state index contributed by atoms with van der Waals surface area (Å²) in [6, 6.07) is 0. The van der Waals surface area contributed by atoms with Crippen molar-refractivity contribution in [3.05, 3.63) is 12.2 Å². The summed E-state index contributed by atoms with van der Waals surface area (Å²) in [6.45, 7) is 1.92. The molecular weight excluding hydrogens is 120 g/mol. The Labute approximate surface area is 53.3 Å². The van der Waals surface area contributed by atoms with Crippen LogP contribution < -0.4 is 0 Å². The van der Waals surface area contributed by atoms with Gasteiger partial charge in [0.05, 0.1) is 6.42 Å². The molecule has 0 radical (unpaired) electrons. The van der Waals surface area contributed by atoms with E-state index in [0.717, 1.165) is 0 Å². The van der Waals surface area contributed by atoms with E-state index in [1.807, 2.05) is 0 Å². The van der Waals surface area contributed by atoms with Crippen molar-refractivity contribution in [2.24, 2.45) is 0 Å². The average molecular weight is 128 g/mol. The first kappa shape index (κ1) is 7.88. The fourth-order valence-corrected chi connectivity index (χ4v) is 0.316. The van der Waals surface area contributed by atoms with E-state index in [9.17, 15) is 9.59 Å². The van der Waals surface area contributed by atoms with Gasteiger partial charge in [0.15, 0.2) is 0 Å². The van der Waals surface area contributed by atoms with Gasteiger partial charge in [0.2, 0.25) is 0 Å². The number of ether oxygens (including phenoxy) is 1. The lowest BCUT2D eigenvalue weighted by atomic mass is 10.4. The Bertz CT molecular complexity index is 126. The first-order valence-electron chi connectivity index (χ1n) is 2.55. The van der Waals surface area contributed by atoms with Crippen LogP contribution in [0.15, 0.2) is 12.2 Å². The maximum Gasteiger partial charge on any atom is 0.317 e. The van der Waals surface area contributed by atoms with E-state index in [1.165, 1.54) is 0 Å². The van der Waals surface area contributed by atoms with Crippen LogP contribution in [0.5, 0.6) is 0 Å². The standard InChI is InChI=1S/C6H8O3/c1-2-3-4-6(8)9-5-7/h2-3,5H,4H2,1H3/b3-2+. The quantitative estimate of drug-likeness (QED) is 0.242. The third kappa shape index (κ3) is 4.74. The molecule has 0 N–H and O–H groups in total. The fraction of sp³-hybridized carbons (Fsp3) is 0.333. The third-order valence-electron chi connectivity index (χ3n) is 0.700. The molecule has 0 spiro atoms. The molecule has 0 atom stereocenters. The van der Waals surface area contributed by atoms with Gasteiger partial charge in [-0.3, -0.25) is 9.59 Å². The minimum atomic E-state index is -0.525. The molecule has 0 aliphatic heterocycles. The number of carbonyl (C=O) groups excluding carboxylic acids is 2. The van der Waals surface area contributed by atoms with Crippen LogP contribution in [0.2, 0.25) is 0 Å². The molecule has 0 aromatic rings. The van der Waals surface area contributed by atoms with Crippen molar-refractivity contribution in [1.82, 2.24) is 0 Å². The molecular formula is C6H8O3. The number of esters is 1. The van der Waals surface area contributed by atoms with Crippen LogP contribution in [0.25, 0.3) is 0 Å². The van der Waals surface area contributed by atoms with E-state index in [0.29, 0.717) is 0 Å². The first-order chi connectivity index (χ1) is 4.31. The second-order valence-corrected chi connectivity index (χ2v) is 1.36. The van der Waals surface area contributed by atoms with Crippen LogP contribution >= 0.6 is 0 Å². The van der Waals surface area contributed by atoms with Gasteiger partial charge in [-0.25, -0.2) is 0 Å². The van der Waals surface area contributed by atoms with Gasteiger partial charge in [-0.15, -0.1) is 0 Å². The van der Waals surface area contributed by atoms with Crippen LogP contribution in [0.1, 0.15) is 13.3 Å². The Kier molecular flexibility index (Phi) is 4.40. The predicted molar refractivity (Wildman–Crippen MR) is 31.6 cm³/mol. The van der Waals surface area contributed by atoms with E-state index in [4.69, 9.17) is 0 Å². The van der Waals surface area contributed by atoms with Gasteiger partial charge < -0.3 is 4.74 Å². The van der Waals surface area contributed by atoms with Crippen LogP contribution in [-0.2, 0) is 14.3 Å². The van der Waals surface area contributed by atoms with Crippen LogP contribution in [0.3, 0.4) is 0 Å². The maximum absolute atomic E-state index is 10.3. The van der Waals surface area contributed by atoms with Gasteiger partial charge in [0, 0.05) is 0 Å². The number of rotatable bonds is 3. The fourth-order valence-electron chi connectivity index (χ4n) is 0.316. The normalized spacial score (nSPS) is 9.44. The SMILES string of the molecule is C/C=C/CC(=O)OC=O. The Hall–Kier alpha value is -1.12. The van der Waals surface area contributed by atoms with Crippen molar-refractivity contribution >= 4 is 12.4 Å². The Morgan fingerprint density at radius 3 is 2.78 bits per heavy atom. The lowest BCUT2D eigenvalue weighted by Crippen LogP contribution is -1.99. The molecule has 9 heavy (non-hydrogen) atoms. The molecule has 0 aliphatic carbocycles. The van der Waals surface area contributed by atoms with E-state index in [2.05, 4.69) is 4.74 Å². The molecule has 0 heterocycles. The van der Waals surface area contributed by atoms with Gasteiger partial charge in [-0.05, 0) is 6.92 Å². The summed E-state index contributed by atoms with van der Waals surface area (Å²) in [6.07, 6.45) is 3.49. The molecule has 50 valence electrons. The third-order valence-corrected chi connectivity index (χ3v) is 0.700. The van der Waals surface area contributed by atoms with Crippen LogP contribution in [-0.4, -0.2) is 12.4 Å². The molecule has 3 nitrogen and oxygen atoms in total. The smallest absolute Gasteiger partial charge is 0.317 e. The molecule has 0 fully saturated rings. The Morgan fingerprint density at radius 2 is 2.33 bits per heavy atom. The van der Waals surface area contributed by atoms with Gasteiger partial charge in [-0.1, -0.05) is 12.2 Å². The van der Waals surface area contributed by atoms with E-state index in [-0.39, 0.29) is 12.9 Å². The monoisotopic (exact) mass is 128 g/mol. The predicted octanol–water partition coefficient (Wildman–Crippen LogP) is 0.652. The molecule has 0 saturated heterocycles. The van der Waals surface area contributed by atoms with Crippen molar-refractivity contribution in [1.29, 1.82) is 0 Å². The van der Waals surface area contributed by atoms with Gasteiger partial charge >= 0.3 is 12.4 Å². The zero-order valence-electron chi connectivity index (χ0n) is 5.16. The highest BCUT2D eigenvalue weighted by Gasteiger charge is 1.94. The molecule has 0 amide bonds. The highest BCUT2D eigenvalue weighted by Crippen LogP contribution is 1.84. The minimum absolute atomic E-state index is 0.131. The number of hydrogen-bond donors (Lipinski definition) is 0. The summed E-state index contributed by atoms with van der Waals surface area (Å²) in [5.74, 6) is -0.525. The Balaban J connectivity index is 3.38. The zero-order valence-corrected chi connectivity index (χ0v) is 5.16. The molecule has 0 unspecified atom stereocenters. The number of carbonyl (C=O) groups is 2. The number of allylic oxidation sites excluding steroid dienone is 1. The van der Waals surface area contributed by atoms with E-state index < -0.39 is 5.97 Å². The van der Waals surface area contributed by atoms with Gasteiger partial charge in [0.25, 0.3) is 0 Å². The average Bonchev–Trinajstić information content (AvgIpc) is 1.85. The van der Waals surface area contributed by atoms with Crippen molar-refractivity contribution in [3.63, 3.8) is 0 Å². The van der Waals surface area contributed by atoms with E-state index in [1.54, 1.807) is 19.1 Å². The highest BCUT2D eigenvalue weighted by atomic mass is 16.6. The lowest BCUT2D eigenvalue weighted by Gasteiger charge is -1.87. The van der Waals surface area contributed by atoms with Gasteiger partial charge in [-0.2, -0.15) is 0 Å². The number of hydrogen-bond acceptors (Lipinski definition) is 3. The largest absolute Gasteiger partial charge is 0.395 e. The summed E-state index contributed by atoms with van der Waals surface area (Å²) in [5, 5.41) is 0. The van der Waals surface area contributed by atoms with Crippen molar-refractivity contribution in [2.45, 2.75) is 13.3 Å². The summed E-state index contributed by atoms with van der Waals surface area (Å²) in [5.41, 5.74) is 0. The summed E-state index contributed by atoms with van der Waals surface area (Å²) in [4.78, 5) is 19.8. The first-order valence-corrected chi connectivity index (χ1v) is 2.55. The lowest BCUT2D eigenvalue weighted by molar-refractivity contribution is -0.150. The minimum Gasteiger partial charge on any atom is -0.395 e. The van der Waals surface area contributed by atoms with Gasteiger partial charge in [0.1, 0.15) is 0 Å². The highest BCUT2D eigenvalue weighted by molar-refractivity contribution is 5.77. The van der Waals surface area contributed by atoms with Crippen molar-refractivity contribution in [2.75, 3.05) is 0 Å².